The van der Waals surface area contributed by atoms with Crippen molar-refractivity contribution in [3.8, 4) is 44.8 Å². The number of fused-ring (bicyclic) bond motifs is 13. The fourth-order valence-electron chi connectivity index (χ4n) is 9.76. The molecule has 0 unspecified atom stereocenters. The first-order valence-electron chi connectivity index (χ1n) is 18.9. The monoisotopic (exact) mass is 698 g/mol. The first-order valence-corrected chi connectivity index (χ1v) is 18.9. The van der Waals surface area contributed by atoms with E-state index in [9.17, 15) is 0 Å². The van der Waals surface area contributed by atoms with E-state index < -0.39 is 0 Å². The smallest absolute Gasteiger partial charge is 0.136 e. The molecule has 3 nitrogen and oxygen atoms in total. The third-order valence-electron chi connectivity index (χ3n) is 12.1. The standard InChI is InChI=1S/C52H30N2O/c1-2-11-33(12-3-1)53-43-18-7-4-13-34(43)41-29-31(21-25-46(41)53)32-22-26-47-42(30-32)35-14-5-8-19-44(35)54(47)45-27-23-36-37-24-28-49-52(39-15-6-9-20-48(39)55-49)51(37)40-17-10-16-38(45)50(36)40/h1-30H. The zero-order chi connectivity index (χ0) is 35.8. The Labute approximate surface area is 315 Å². The number of furan rings is 1. The summed E-state index contributed by atoms with van der Waals surface area (Å²) in [6.07, 6.45) is 0. The van der Waals surface area contributed by atoms with Gasteiger partial charge in [0.1, 0.15) is 11.2 Å². The molecule has 12 aromatic rings. The first-order chi connectivity index (χ1) is 27.3. The highest BCUT2D eigenvalue weighted by Gasteiger charge is 2.27. The number of rotatable bonds is 3. The second kappa shape index (κ2) is 10.6. The Morgan fingerprint density at radius 1 is 0.327 bits per heavy atom. The fourth-order valence-corrected chi connectivity index (χ4v) is 9.76. The van der Waals surface area contributed by atoms with Crippen molar-refractivity contribution in [2.45, 2.75) is 0 Å². The highest BCUT2D eigenvalue weighted by molar-refractivity contribution is 6.26. The van der Waals surface area contributed by atoms with Gasteiger partial charge in [-0.1, -0.05) is 109 Å². The highest BCUT2D eigenvalue weighted by Crippen LogP contribution is 2.53. The Kier molecular flexibility index (Phi) is 5.63. The molecular weight excluding hydrogens is 669 g/mol. The van der Waals surface area contributed by atoms with Crippen molar-refractivity contribution >= 4 is 76.3 Å². The summed E-state index contributed by atoms with van der Waals surface area (Å²) in [6, 6.07) is 66.5. The summed E-state index contributed by atoms with van der Waals surface area (Å²) in [6.45, 7) is 0. The van der Waals surface area contributed by atoms with Crippen LogP contribution in [0, 0.1) is 0 Å². The number of benzene rings is 9. The fraction of sp³-hybridized carbons (Fsp3) is 0. The first kappa shape index (κ1) is 29.1. The number of nitrogens with zero attached hydrogens (tertiary/aromatic N) is 2. The highest BCUT2D eigenvalue weighted by atomic mass is 16.3. The molecule has 9 aromatic carbocycles. The summed E-state index contributed by atoms with van der Waals surface area (Å²) in [5, 5.41) is 9.93. The van der Waals surface area contributed by atoms with Crippen LogP contribution in [0.4, 0.5) is 0 Å². The van der Waals surface area contributed by atoms with Gasteiger partial charge >= 0.3 is 0 Å². The van der Waals surface area contributed by atoms with Crippen LogP contribution < -0.4 is 0 Å². The molecule has 254 valence electrons. The van der Waals surface area contributed by atoms with Crippen LogP contribution in [-0.2, 0) is 0 Å². The molecule has 1 aliphatic rings. The Hall–Kier alpha value is -7.36. The van der Waals surface area contributed by atoms with Crippen LogP contribution in [0.5, 0.6) is 0 Å². The van der Waals surface area contributed by atoms with Crippen molar-refractivity contribution < 1.29 is 4.42 Å². The summed E-state index contributed by atoms with van der Waals surface area (Å²) in [5.41, 5.74) is 16.6. The van der Waals surface area contributed by atoms with Gasteiger partial charge < -0.3 is 13.6 Å². The van der Waals surface area contributed by atoms with Crippen molar-refractivity contribution in [2.24, 2.45) is 0 Å². The Bertz CT molecular complexity index is 3600. The van der Waals surface area contributed by atoms with E-state index >= 15 is 0 Å². The maximum absolute atomic E-state index is 6.35. The Balaban J connectivity index is 1.02. The second-order valence-electron chi connectivity index (χ2n) is 14.8. The predicted octanol–water partition coefficient (Wildman–Crippen LogP) is 14.2. The summed E-state index contributed by atoms with van der Waals surface area (Å²) in [4.78, 5) is 0. The maximum Gasteiger partial charge on any atom is 0.136 e. The molecule has 0 saturated heterocycles. The molecule has 13 rings (SSSR count). The number of aromatic nitrogens is 2. The summed E-state index contributed by atoms with van der Waals surface area (Å²) >= 11 is 0. The van der Waals surface area contributed by atoms with Crippen molar-refractivity contribution in [3.05, 3.63) is 182 Å². The molecule has 0 radical (unpaired) electrons. The zero-order valence-corrected chi connectivity index (χ0v) is 29.6. The SMILES string of the molecule is c1ccc(-n2c3ccccc3c3cc(-c4ccc5c(c4)c4ccccc4n5-c4ccc5c6c(cccc46)-c4c-5ccc5oc6ccccc6c45)ccc32)cc1. The quantitative estimate of drug-likeness (QED) is 0.180. The molecule has 0 spiro atoms. The van der Waals surface area contributed by atoms with E-state index in [1.165, 1.54) is 110 Å². The van der Waals surface area contributed by atoms with Crippen LogP contribution in [0.15, 0.2) is 186 Å². The van der Waals surface area contributed by atoms with Crippen LogP contribution in [0.3, 0.4) is 0 Å². The Morgan fingerprint density at radius 2 is 0.927 bits per heavy atom. The van der Waals surface area contributed by atoms with E-state index in [4.69, 9.17) is 4.42 Å². The number of hydrogen-bond donors (Lipinski definition) is 0. The molecule has 0 amide bonds. The lowest BCUT2D eigenvalue weighted by molar-refractivity contribution is 0.669. The van der Waals surface area contributed by atoms with Crippen LogP contribution >= 0.6 is 0 Å². The molecule has 55 heavy (non-hydrogen) atoms. The molecule has 0 N–H and O–H groups in total. The molecule has 3 aromatic heterocycles. The molecule has 0 saturated carbocycles. The largest absolute Gasteiger partial charge is 0.456 e. The summed E-state index contributed by atoms with van der Waals surface area (Å²) < 4.78 is 11.2. The third kappa shape index (κ3) is 3.84. The van der Waals surface area contributed by atoms with Gasteiger partial charge in [-0.05, 0) is 106 Å². The van der Waals surface area contributed by atoms with Gasteiger partial charge in [0, 0.05) is 49.0 Å². The van der Waals surface area contributed by atoms with Crippen LogP contribution in [0.1, 0.15) is 0 Å². The van der Waals surface area contributed by atoms with Gasteiger partial charge in [-0.15, -0.1) is 0 Å². The van der Waals surface area contributed by atoms with Crippen LogP contribution in [-0.4, -0.2) is 9.13 Å². The van der Waals surface area contributed by atoms with Gasteiger partial charge in [0.05, 0.1) is 27.8 Å². The van der Waals surface area contributed by atoms with Gasteiger partial charge in [0.15, 0.2) is 0 Å². The van der Waals surface area contributed by atoms with Gasteiger partial charge in [-0.2, -0.15) is 0 Å². The molecular formula is C52H30N2O. The van der Waals surface area contributed by atoms with Crippen LogP contribution in [0.2, 0.25) is 0 Å². The van der Waals surface area contributed by atoms with Crippen molar-refractivity contribution in [1.29, 1.82) is 0 Å². The molecule has 1 aliphatic carbocycles. The van der Waals surface area contributed by atoms with Crippen LogP contribution in [0.25, 0.3) is 121 Å². The lowest BCUT2D eigenvalue weighted by Gasteiger charge is -2.13. The van der Waals surface area contributed by atoms with E-state index in [0.29, 0.717) is 0 Å². The van der Waals surface area contributed by atoms with E-state index in [0.717, 1.165) is 11.2 Å². The predicted molar refractivity (Wildman–Crippen MR) is 230 cm³/mol. The third-order valence-corrected chi connectivity index (χ3v) is 12.1. The zero-order valence-electron chi connectivity index (χ0n) is 29.6. The van der Waals surface area contributed by atoms with E-state index in [1.807, 2.05) is 6.07 Å². The van der Waals surface area contributed by atoms with E-state index in [1.54, 1.807) is 0 Å². The number of para-hydroxylation sites is 4. The van der Waals surface area contributed by atoms with Crippen molar-refractivity contribution in [2.75, 3.05) is 0 Å². The lowest BCUT2D eigenvalue weighted by Crippen LogP contribution is -1.95. The van der Waals surface area contributed by atoms with Gasteiger partial charge in [0.25, 0.3) is 0 Å². The van der Waals surface area contributed by atoms with Gasteiger partial charge in [-0.25, -0.2) is 0 Å². The molecule has 0 aliphatic heterocycles. The molecule has 0 atom stereocenters. The molecule has 3 heterocycles. The minimum absolute atomic E-state index is 0.929. The number of hydrogen-bond acceptors (Lipinski definition) is 1. The maximum atomic E-state index is 6.35. The van der Waals surface area contributed by atoms with E-state index in [-0.39, 0.29) is 0 Å². The second-order valence-corrected chi connectivity index (χ2v) is 14.8. The minimum atomic E-state index is 0.929. The molecule has 0 bridgehead atoms. The molecule has 3 heteroatoms. The van der Waals surface area contributed by atoms with Crippen molar-refractivity contribution in [1.82, 2.24) is 9.13 Å². The van der Waals surface area contributed by atoms with Crippen molar-refractivity contribution in [3.63, 3.8) is 0 Å². The average Bonchev–Trinajstić information content (AvgIpc) is 3.98. The minimum Gasteiger partial charge on any atom is -0.456 e. The summed E-state index contributed by atoms with van der Waals surface area (Å²) in [7, 11) is 0. The summed E-state index contributed by atoms with van der Waals surface area (Å²) in [5.74, 6) is 0. The average molecular weight is 699 g/mol. The normalized spacial score (nSPS) is 12.4. The Morgan fingerprint density at radius 3 is 1.69 bits per heavy atom. The van der Waals surface area contributed by atoms with Gasteiger partial charge in [0.2, 0.25) is 0 Å². The topological polar surface area (TPSA) is 23.0 Å². The van der Waals surface area contributed by atoms with E-state index in [2.05, 4.69) is 185 Å². The molecule has 0 fully saturated rings. The lowest BCUT2D eigenvalue weighted by atomic mass is 9.98. The van der Waals surface area contributed by atoms with Gasteiger partial charge in [-0.3, -0.25) is 0 Å².